The summed E-state index contributed by atoms with van der Waals surface area (Å²) < 4.78 is 0.999. The third-order valence-electron chi connectivity index (χ3n) is 2.71. The van der Waals surface area contributed by atoms with Gasteiger partial charge in [0, 0.05) is 21.8 Å². The molecule has 0 spiro atoms. The molecule has 1 nitrogen and oxygen atoms in total. The molecule has 0 fully saturated rings. The van der Waals surface area contributed by atoms with Crippen molar-refractivity contribution in [3.63, 3.8) is 0 Å². The molecule has 0 amide bonds. The van der Waals surface area contributed by atoms with Crippen molar-refractivity contribution in [3.05, 3.63) is 55.7 Å². The van der Waals surface area contributed by atoms with Crippen molar-refractivity contribution in [1.82, 2.24) is 0 Å². The Kier molecular flexibility index (Phi) is 4.02. The number of aryl methyl sites for hydroxylation is 2. The van der Waals surface area contributed by atoms with E-state index in [0.717, 1.165) is 10.0 Å². The number of hydrogen-bond acceptors (Lipinski definition) is 2. The molecule has 1 aromatic heterocycles. The van der Waals surface area contributed by atoms with Crippen LogP contribution in [0.4, 0.5) is 0 Å². The second-order valence-electron chi connectivity index (χ2n) is 4.39. The van der Waals surface area contributed by atoms with E-state index < -0.39 is 6.10 Å². The molecule has 0 aliphatic rings. The Balaban J connectivity index is 2.18. The summed E-state index contributed by atoms with van der Waals surface area (Å²) >= 11 is 5.06. The van der Waals surface area contributed by atoms with E-state index in [9.17, 15) is 5.11 Å². The highest BCUT2D eigenvalue weighted by Crippen LogP contribution is 2.29. The van der Waals surface area contributed by atoms with Gasteiger partial charge in [0.1, 0.15) is 0 Å². The van der Waals surface area contributed by atoms with E-state index in [0.29, 0.717) is 6.42 Å². The van der Waals surface area contributed by atoms with Crippen LogP contribution in [0.1, 0.15) is 28.4 Å². The van der Waals surface area contributed by atoms with Gasteiger partial charge in [-0.15, -0.1) is 0 Å². The highest BCUT2D eigenvalue weighted by molar-refractivity contribution is 9.10. The molecule has 0 radical (unpaired) electrons. The lowest BCUT2D eigenvalue weighted by Crippen LogP contribution is -2.01. The quantitative estimate of drug-likeness (QED) is 0.890. The second kappa shape index (κ2) is 5.34. The van der Waals surface area contributed by atoms with Crippen LogP contribution in [-0.4, -0.2) is 5.11 Å². The van der Waals surface area contributed by atoms with Crippen molar-refractivity contribution in [2.45, 2.75) is 26.4 Å². The van der Waals surface area contributed by atoms with Crippen LogP contribution in [0.2, 0.25) is 0 Å². The molecule has 1 aromatic carbocycles. The summed E-state index contributed by atoms with van der Waals surface area (Å²) in [6.45, 7) is 4.17. The molecule has 1 unspecified atom stereocenters. The summed E-state index contributed by atoms with van der Waals surface area (Å²) in [6, 6.07) is 6.42. The van der Waals surface area contributed by atoms with Gasteiger partial charge in [0.25, 0.3) is 0 Å². The summed E-state index contributed by atoms with van der Waals surface area (Å²) in [4.78, 5) is 0. The summed E-state index contributed by atoms with van der Waals surface area (Å²) in [5, 5.41) is 14.2. The van der Waals surface area contributed by atoms with Crippen molar-refractivity contribution in [1.29, 1.82) is 0 Å². The molecule has 1 N–H and O–H groups in total. The first-order valence-corrected chi connectivity index (χ1v) is 7.26. The molecule has 0 bridgehead atoms. The minimum absolute atomic E-state index is 0.433. The minimum Gasteiger partial charge on any atom is -0.388 e. The van der Waals surface area contributed by atoms with E-state index >= 15 is 0 Å². The van der Waals surface area contributed by atoms with E-state index in [2.05, 4.69) is 48.0 Å². The van der Waals surface area contributed by atoms with Gasteiger partial charge in [0.15, 0.2) is 0 Å². The van der Waals surface area contributed by atoms with Crippen molar-refractivity contribution >= 4 is 27.3 Å². The number of thiophene rings is 1. The second-order valence-corrected chi connectivity index (χ2v) is 5.99. The zero-order valence-electron chi connectivity index (χ0n) is 9.90. The molecule has 1 heterocycles. The summed E-state index contributed by atoms with van der Waals surface area (Å²) in [6.07, 6.45) is 0.231. The smallest absolute Gasteiger partial charge is 0.0849 e. The number of hydrogen-bond donors (Lipinski definition) is 1. The van der Waals surface area contributed by atoms with E-state index in [1.807, 2.05) is 10.8 Å². The Morgan fingerprint density at radius 3 is 2.35 bits per heavy atom. The molecular weight excluding hydrogens is 296 g/mol. The summed E-state index contributed by atoms with van der Waals surface area (Å²) in [7, 11) is 0. The Bertz CT molecular complexity index is 498. The Hall–Kier alpha value is -0.640. The molecule has 3 heteroatoms. The lowest BCUT2D eigenvalue weighted by molar-refractivity contribution is 0.178. The van der Waals surface area contributed by atoms with Gasteiger partial charge in [0.05, 0.1) is 6.10 Å². The molecule has 0 aliphatic carbocycles. The maximum Gasteiger partial charge on any atom is 0.0849 e. The van der Waals surface area contributed by atoms with Crippen LogP contribution in [-0.2, 0) is 6.42 Å². The van der Waals surface area contributed by atoms with Crippen LogP contribution in [0.15, 0.2) is 33.4 Å². The number of benzene rings is 1. The zero-order chi connectivity index (χ0) is 12.4. The molecule has 1 atom stereocenters. The topological polar surface area (TPSA) is 20.2 Å². The van der Waals surface area contributed by atoms with Crippen LogP contribution in [0, 0.1) is 13.8 Å². The number of aliphatic hydroxyl groups excluding tert-OH is 1. The average Bonchev–Trinajstić information content (AvgIpc) is 2.62. The molecule has 2 aromatic rings. The van der Waals surface area contributed by atoms with E-state index in [1.165, 1.54) is 16.7 Å². The van der Waals surface area contributed by atoms with E-state index in [4.69, 9.17) is 0 Å². The third kappa shape index (κ3) is 3.18. The standard InChI is InChI=1S/C14H15BrOS/c1-9-3-10(2)5-11(4-9)6-14(16)12-7-17-8-13(12)15/h3-5,7-8,14,16H,6H2,1-2H3. The average molecular weight is 311 g/mol. The lowest BCUT2D eigenvalue weighted by Gasteiger charge is -2.11. The fourth-order valence-corrected chi connectivity index (χ4v) is 3.66. The molecule has 90 valence electrons. The minimum atomic E-state index is -0.433. The number of aliphatic hydroxyl groups is 1. The van der Waals surface area contributed by atoms with Gasteiger partial charge >= 0.3 is 0 Å². The molecule has 17 heavy (non-hydrogen) atoms. The fourth-order valence-electron chi connectivity index (χ4n) is 2.05. The van der Waals surface area contributed by atoms with Crippen LogP contribution in [0.25, 0.3) is 0 Å². The van der Waals surface area contributed by atoms with Crippen molar-refractivity contribution in [2.75, 3.05) is 0 Å². The number of rotatable bonds is 3. The highest BCUT2D eigenvalue weighted by atomic mass is 79.9. The van der Waals surface area contributed by atoms with Gasteiger partial charge in [-0.3, -0.25) is 0 Å². The van der Waals surface area contributed by atoms with Crippen molar-refractivity contribution in [3.8, 4) is 0 Å². The monoisotopic (exact) mass is 310 g/mol. The van der Waals surface area contributed by atoms with Gasteiger partial charge in [0.2, 0.25) is 0 Å². The van der Waals surface area contributed by atoms with E-state index in [-0.39, 0.29) is 0 Å². The maximum absolute atomic E-state index is 10.2. The predicted octanol–water partition coefficient (Wildman–Crippen LogP) is 4.40. The highest BCUT2D eigenvalue weighted by Gasteiger charge is 2.13. The van der Waals surface area contributed by atoms with Gasteiger partial charge in [-0.25, -0.2) is 0 Å². The first kappa shape index (κ1) is 12.8. The summed E-state index contributed by atoms with van der Waals surface area (Å²) in [5.41, 5.74) is 4.66. The Morgan fingerprint density at radius 2 is 1.82 bits per heavy atom. The maximum atomic E-state index is 10.2. The van der Waals surface area contributed by atoms with Crippen LogP contribution < -0.4 is 0 Å². The van der Waals surface area contributed by atoms with Gasteiger partial charge in [-0.2, -0.15) is 11.3 Å². The SMILES string of the molecule is Cc1cc(C)cc(CC(O)c2cscc2Br)c1. The molecule has 0 saturated heterocycles. The number of halogens is 1. The first-order chi connectivity index (χ1) is 8.06. The van der Waals surface area contributed by atoms with E-state index in [1.54, 1.807) is 11.3 Å². The largest absolute Gasteiger partial charge is 0.388 e. The molecule has 2 rings (SSSR count). The summed E-state index contributed by atoms with van der Waals surface area (Å²) in [5.74, 6) is 0. The van der Waals surface area contributed by atoms with Crippen molar-refractivity contribution < 1.29 is 5.11 Å². The fraction of sp³-hybridized carbons (Fsp3) is 0.286. The Morgan fingerprint density at radius 1 is 1.18 bits per heavy atom. The lowest BCUT2D eigenvalue weighted by atomic mass is 10.00. The van der Waals surface area contributed by atoms with Gasteiger partial charge in [-0.05, 0) is 40.7 Å². The first-order valence-electron chi connectivity index (χ1n) is 5.53. The molecule has 0 aliphatic heterocycles. The van der Waals surface area contributed by atoms with Gasteiger partial charge in [-0.1, -0.05) is 29.3 Å². The van der Waals surface area contributed by atoms with Crippen LogP contribution >= 0.6 is 27.3 Å². The van der Waals surface area contributed by atoms with Crippen LogP contribution in [0.5, 0.6) is 0 Å². The molecule has 0 saturated carbocycles. The molecular formula is C14H15BrOS. The zero-order valence-corrected chi connectivity index (χ0v) is 12.3. The van der Waals surface area contributed by atoms with Crippen molar-refractivity contribution in [2.24, 2.45) is 0 Å². The normalized spacial score (nSPS) is 12.7. The van der Waals surface area contributed by atoms with Gasteiger partial charge < -0.3 is 5.11 Å². The third-order valence-corrected chi connectivity index (χ3v) is 4.46. The predicted molar refractivity (Wildman–Crippen MR) is 76.6 cm³/mol. The Labute approximate surface area is 114 Å². The van der Waals surface area contributed by atoms with Crippen LogP contribution in [0.3, 0.4) is 0 Å².